The van der Waals surface area contributed by atoms with E-state index >= 15 is 0 Å². The van der Waals surface area contributed by atoms with Crippen molar-refractivity contribution in [2.45, 2.75) is 84.3 Å². The summed E-state index contributed by atoms with van der Waals surface area (Å²) in [5.74, 6) is 1.12. The maximum absolute atomic E-state index is 12.7. The monoisotopic (exact) mass is 352 g/mol. The second-order valence-electron chi connectivity index (χ2n) is 9.77. The summed E-state index contributed by atoms with van der Waals surface area (Å²) in [5.41, 5.74) is -0.273. The van der Waals surface area contributed by atoms with Gasteiger partial charge in [0.15, 0.2) is 5.60 Å². The molecular formula is C21H36O4. The van der Waals surface area contributed by atoms with Crippen LogP contribution in [-0.4, -0.2) is 36.5 Å². The minimum absolute atomic E-state index is 0.0357. The van der Waals surface area contributed by atoms with Crippen LogP contribution in [0.15, 0.2) is 0 Å². The molecule has 3 aliphatic rings. The van der Waals surface area contributed by atoms with E-state index in [1.807, 2.05) is 0 Å². The number of hydrogen-bond donors (Lipinski definition) is 1. The molecule has 3 fully saturated rings. The Kier molecular flexibility index (Phi) is 5.00. The molecule has 1 saturated heterocycles. The van der Waals surface area contributed by atoms with E-state index in [2.05, 4.69) is 27.7 Å². The Morgan fingerprint density at radius 2 is 2.00 bits per heavy atom. The number of aliphatic hydroxyl groups excluding tert-OH is 1. The first-order valence-corrected chi connectivity index (χ1v) is 10.1. The van der Waals surface area contributed by atoms with Gasteiger partial charge >= 0.3 is 5.97 Å². The summed E-state index contributed by atoms with van der Waals surface area (Å²) in [6.45, 7) is 9.63. The topological polar surface area (TPSA) is 59.1 Å². The number of carbonyl (C=O) groups excluding carboxylic acids is 1. The molecule has 1 N–H and O–H groups in total. The first-order chi connectivity index (χ1) is 11.7. The van der Waals surface area contributed by atoms with Crippen molar-refractivity contribution in [1.82, 2.24) is 0 Å². The van der Waals surface area contributed by atoms with Crippen molar-refractivity contribution in [2.24, 2.45) is 28.6 Å². The molecule has 144 valence electrons. The molecule has 3 rings (SSSR count). The zero-order valence-electron chi connectivity index (χ0n) is 16.6. The number of carbonyl (C=O) groups is 1. The standard InChI is InChI=1S/C21H36O4/c1-14(9-12-22)7-8-15-20(4)11-6-10-19(2,3)16(20)13-17-21(15,25-17)18(23)24-5/h14-17,22H,6-13H2,1-5H3/t14-,15+,16-,17+,20+,21-/m0/s1. The van der Waals surface area contributed by atoms with E-state index < -0.39 is 5.60 Å². The summed E-state index contributed by atoms with van der Waals surface area (Å²) in [4.78, 5) is 12.7. The molecule has 0 bridgehead atoms. The minimum atomic E-state index is -0.702. The van der Waals surface area contributed by atoms with Crippen LogP contribution < -0.4 is 0 Å². The number of ether oxygens (including phenoxy) is 2. The van der Waals surface area contributed by atoms with Crippen LogP contribution >= 0.6 is 0 Å². The number of epoxide rings is 1. The zero-order chi connectivity index (χ0) is 18.5. The number of fused-ring (bicyclic) bond motifs is 2. The predicted molar refractivity (Wildman–Crippen MR) is 97.1 cm³/mol. The van der Waals surface area contributed by atoms with Crippen LogP contribution in [0, 0.1) is 28.6 Å². The molecule has 25 heavy (non-hydrogen) atoms. The lowest BCUT2D eigenvalue weighted by molar-refractivity contribution is -0.158. The summed E-state index contributed by atoms with van der Waals surface area (Å²) in [6.07, 6.45) is 7.53. The average molecular weight is 353 g/mol. The van der Waals surface area contributed by atoms with Gasteiger partial charge in [0.05, 0.1) is 13.2 Å². The number of rotatable bonds is 6. The van der Waals surface area contributed by atoms with Gasteiger partial charge < -0.3 is 14.6 Å². The lowest BCUT2D eigenvalue weighted by Crippen LogP contribution is -2.57. The van der Waals surface area contributed by atoms with Crippen molar-refractivity contribution in [3.63, 3.8) is 0 Å². The third kappa shape index (κ3) is 2.93. The van der Waals surface area contributed by atoms with Gasteiger partial charge in [0.1, 0.15) is 0 Å². The molecule has 2 saturated carbocycles. The van der Waals surface area contributed by atoms with Crippen LogP contribution in [0.2, 0.25) is 0 Å². The highest BCUT2D eigenvalue weighted by Gasteiger charge is 2.76. The average Bonchev–Trinajstić information content (AvgIpc) is 3.26. The molecule has 0 aromatic rings. The normalized spacial score (nSPS) is 42.9. The van der Waals surface area contributed by atoms with E-state index in [0.717, 1.165) is 25.7 Å². The second-order valence-corrected chi connectivity index (χ2v) is 9.77. The molecule has 6 atom stereocenters. The minimum Gasteiger partial charge on any atom is -0.467 e. The van der Waals surface area contributed by atoms with E-state index in [0.29, 0.717) is 17.3 Å². The molecule has 0 aromatic carbocycles. The maximum Gasteiger partial charge on any atom is 0.341 e. The van der Waals surface area contributed by atoms with E-state index in [-0.39, 0.29) is 30.0 Å². The van der Waals surface area contributed by atoms with Crippen molar-refractivity contribution in [3.05, 3.63) is 0 Å². The molecule has 1 aliphatic heterocycles. The quantitative estimate of drug-likeness (QED) is 0.581. The van der Waals surface area contributed by atoms with E-state index in [1.165, 1.54) is 26.4 Å². The molecule has 0 radical (unpaired) electrons. The molecule has 1 heterocycles. The molecule has 2 aliphatic carbocycles. The van der Waals surface area contributed by atoms with Gasteiger partial charge in [0.2, 0.25) is 0 Å². The lowest BCUT2D eigenvalue weighted by atomic mass is 9.45. The Labute approximate surface area is 152 Å². The first kappa shape index (κ1) is 19.2. The van der Waals surface area contributed by atoms with Crippen LogP contribution in [0.4, 0.5) is 0 Å². The fourth-order valence-electron chi connectivity index (χ4n) is 6.45. The largest absolute Gasteiger partial charge is 0.467 e. The number of hydrogen-bond acceptors (Lipinski definition) is 4. The summed E-state index contributed by atoms with van der Waals surface area (Å²) < 4.78 is 11.3. The van der Waals surface area contributed by atoms with Gasteiger partial charge in [0.25, 0.3) is 0 Å². The van der Waals surface area contributed by atoms with Crippen molar-refractivity contribution >= 4 is 5.97 Å². The van der Waals surface area contributed by atoms with Gasteiger partial charge in [-0.15, -0.1) is 0 Å². The van der Waals surface area contributed by atoms with Gasteiger partial charge in [-0.1, -0.05) is 40.5 Å². The Balaban J connectivity index is 1.90. The van der Waals surface area contributed by atoms with Crippen molar-refractivity contribution in [1.29, 1.82) is 0 Å². The zero-order valence-corrected chi connectivity index (χ0v) is 16.6. The lowest BCUT2D eigenvalue weighted by Gasteiger charge is -2.57. The number of aliphatic hydroxyl groups is 1. The molecular weight excluding hydrogens is 316 g/mol. The first-order valence-electron chi connectivity index (χ1n) is 10.1. The Hall–Kier alpha value is -0.610. The van der Waals surface area contributed by atoms with Gasteiger partial charge in [0, 0.05) is 12.5 Å². The molecule has 0 unspecified atom stereocenters. The van der Waals surface area contributed by atoms with Crippen LogP contribution in [0.1, 0.15) is 72.6 Å². The highest BCUT2D eigenvalue weighted by Crippen LogP contribution is 2.69. The molecule has 4 nitrogen and oxygen atoms in total. The van der Waals surface area contributed by atoms with E-state index in [4.69, 9.17) is 9.47 Å². The fraction of sp³-hybridized carbons (Fsp3) is 0.952. The van der Waals surface area contributed by atoms with Gasteiger partial charge in [-0.2, -0.15) is 0 Å². The van der Waals surface area contributed by atoms with Crippen LogP contribution in [0.5, 0.6) is 0 Å². The van der Waals surface area contributed by atoms with Gasteiger partial charge in [-0.25, -0.2) is 4.79 Å². The predicted octanol–water partition coefficient (Wildman–Crippen LogP) is 3.95. The van der Waals surface area contributed by atoms with Gasteiger partial charge in [-0.05, 0) is 54.8 Å². The SMILES string of the molecule is COC(=O)[C@@]12O[C@@H]1C[C@H]1C(C)(C)CCC[C@]1(C)[C@H]2CC[C@H](C)CCO. The highest BCUT2D eigenvalue weighted by atomic mass is 16.7. The Morgan fingerprint density at radius 1 is 1.28 bits per heavy atom. The summed E-state index contributed by atoms with van der Waals surface area (Å²) in [5, 5.41) is 9.22. The highest BCUT2D eigenvalue weighted by molar-refractivity contribution is 5.84. The van der Waals surface area contributed by atoms with Crippen LogP contribution in [-0.2, 0) is 14.3 Å². The Morgan fingerprint density at radius 3 is 2.64 bits per heavy atom. The summed E-state index contributed by atoms with van der Waals surface area (Å²) >= 11 is 0. The maximum atomic E-state index is 12.7. The summed E-state index contributed by atoms with van der Waals surface area (Å²) in [6, 6.07) is 0. The number of esters is 1. The van der Waals surface area contributed by atoms with E-state index in [1.54, 1.807) is 0 Å². The van der Waals surface area contributed by atoms with Crippen molar-refractivity contribution < 1.29 is 19.4 Å². The van der Waals surface area contributed by atoms with E-state index in [9.17, 15) is 9.90 Å². The third-order valence-corrected chi connectivity index (χ3v) is 7.87. The Bertz CT molecular complexity index is 516. The molecule has 0 aromatic heterocycles. The molecule has 0 spiro atoms. The smallest absolute Gasteiger partial charge is 0.341 e. The molecule has 0 amide bonds. The number of methoxy groups -OCH3 is 1. The third-order valence-electron chi connectivity index (χ3n) is 7.87. The van der Waals surface area contributed by atoms with Crippen LogP contribution in [0.3, 0.4) is 0 Å². The van der Waals surface area contributed by atoms with Gasteiger partial charge in [-0.3, -0.25) is 0 Å². The van der Waals surface area contributed by atoms with Crippen LogP contribution in [0.25, 0.3) is 0 Å². The summed E-state index contributed by atoms with van der Waals surface area (Å²) in [7, 11) is 1.49. The second kappa shape index (κ2) is 6.53. The molecule has 4 heteroatoms. The van der Waals surface area contributed by atoms with Crippen molar-refractivity contribution in [3.8, 4) is 0 Å². The fourth-order valence-corrected chi connectivity index (χ4v) is 6.45. The van der Waals surface area contributed by atoms with Crippen molar-refractivity contribution in [2.75, 3.05) is 13.7 Å².